The predicted octanol–water partition coefficient (Wildman–Crippen LogP) is 3.55. The molecule has 3 aromatic heterocycles. The van der Waals surface area contributed by atoms with E-state index in [-0.39, 0.29) is 22.8 Å². The lowest BCUT2D eigenvalue weighted by Gasteiger charge is -2.28. The lowest BCUT2D eigenvalue weighted by Crippen LogP contribution is -2.35. The molecule has 0 aliphatic carbocycles. The monoisotopic (exact) mass is 482 g/mol. The van der Waals surface area contributed by atoms with Crippen LogP contribution in [0.4, 0.5) is 5.69 Å². The summed E-state index contributed by atoms with van der Waals surface area (Å²) >= 11 is 0. The summed E-state index contributed by atoms with van der Waals surface area (Å²) in [6, 6.07) is 9.61. The molecule has 9 heteroatoms. The number of aromatic nitrogens is 4. The van der Waals surface area contributed by atoms with Gasteiger partial charge in [0.15, 0.2) is 11.2 Å². The van der Waals surface area contributed by atoms with Crippen LogP contribution in [-0.4, -0.2) is 44.3 Å². The van der Waals surface area contributed by atoms with Crippen LogP contribution in [0.5, 0.6) is 5.88 Å². The molecule has 0 radical (unpaired) electrons. The molecule has 1 aliphatic heterocycles. The molecule has 1 aromatic carbocycles. The van der Waals surface area contributed by atoms with Crippen LogP contribution < -0.4 is 15.1 Å². The molecule has 1 fully saturated rings. The highest BCUT2D eigenvalue weighted by Gasteiger charge is 2.29. The van der Waals surface area contributed by atoms with Gasteiger partial charge in [-0.25, -0.2) is 4.98 Å². The third-order valence-corrected chi connectivity index (χ3v) is 6.65. The minimum Gasteiger partial charge on any atom is -0.475 e. The summed E-state index contributed by atoms with van der Waals surface area (Å²) < 4.78 is 9.50. The van der Waals surface area contributed by atoms with Crippen molar-refractivity contribution in [3.63, 3.8) is 0 Å². The Morgan fingerprint density at radius 1 is 1.31 bits per heavy atom. The number of nitriles is 1. The number of aryl methyl sites for hydroxylation is 2. The van der Waals surface area contributed by atoms with Crippen molar-refractivity contribution in [1.82, 2.24) is 19.3 Å². The molecular formula is C27H26N6O3. The Kier molecular flexibility index (Phi) is 6.02. The van der Waals surface area contributed by atoms with Gasteiger partial charge in [0.1, 0.15) is 12.7 Å². The number of ketones is 1. The first-order valence-corrected chi connectivity index (χ1v) is 11.8. The highest BCUT2D eigenvalue weighted by molar-refractivity contribution is 5.98. The van der Waals surface area contributed by atoms with Crippen LogP contribution in [-0.2, 0) is 7.05 Å². The molecule has 4 aromatic rings. The zero-order valence-electron chi connectivity index (χ0n) is 20.4. The molecule has 0 bridgehead atoms. The Hall–Kier alpha value is -4.45. The van der Waals surface area contributed by atoms with Gasteiger partial charge in [-0.1, -0.05) is 6.07 Å². The summed E-state index contributed by atoms with van der Waals surface area (Å²) in [6.07, 6.45) is 8.62. The van der Waals surface area contributed by atoms with E-state index < -0.39 is 0 Å². The third kappa shape index (κ3) is 4.11. The number of anilines is 1. The fraction of sp³-hybridized carbons (Fsp3) is 0.296. The maximum atomic E-state index is 13.2. The maximum absolute atomic E-state index is 13.2. The van der Waals surface area contributed by atoms with Gasteiger partial charge in [0, 0.05) is 43.1 Å². The number of carbonyl (C=O) groups excluding carboxylic acids is 1. The first kappa shape index (κ1) is 23.3. The summed E-state index contributed by atoms with van der Waals surface area (Å²) in [5, 5.41) is 14.6. The Morgan fingerprint density at radius 2 is 2.14 bits per heavy atom. The van der Waals surface area contributed by atoms with E-state index in [1.165, 1.54) is 6.92 Å². The van der Waals surface area contributed by atoms with Crippen molar-refractivity contribution in [1.29, 1.82) is 5.26 Å². The number of benzene rings is 1. The fourth-order valence-electron chi connectivity index (χ4n) is 4.81. The smallest absolute Gasteiger partial charge is 0.216 e. The van der Waals surface area contributed by atoms with Crippen LogP contribution in [0.2, 0.25) is 0 Å². The van der Waals surface area contributed by atoms with E-state index >= 15 is 0 Å². The molecule has 1 aliphatic rings. The van der Waals surface area contributed by atoms with Gasteiger partial charge in [-0.15, -0.1) is 0 Å². The van der Waals surface area contributed by atoms with E-state index in [1.54, 1.807) is 41.0 Å². The van der Waals surface area contributed by atoms with E-state index in [4.69, 9.17) is 4.74 Å². The van der Waals surface area contributed by atoms with Crippen molar-refractivity contribution in [2.75, 3.05) is 18.1 Å². The minimum absolute atomic E-state index is 0.0472. The largest absolute Gasteiger partial charge is 0.475 e. The molecule has 0 spiro atoms. The Balaban J connectivity index is 1.62. The Bertz CT molecular complexity index is 1580. The first-order valence-electron chi connectivity index (χ1n) is 11.8. The second kappa shape index (κ2) is 9.30. The SMILES string of the molecule is CC(=O)c1cn(-c2cnn(C)c2)c2cc(N3CCC[C@@H]3COc3ncccc3C)c(C#N)cc2c1=O. The number of hydrogen-bond acceptors (Lipinski definition) is 7. The van der Waals surface area contributed by atoms with Crippen LogP contribution in [0.25, 0.3) is 16.6 Å². The summed E-state index contributed by atoms with van der Waals surface area (Å²) in [5.74, 6) is 0.272. The number of hydrogen-bond donors (Lipinski definition) is 0. The van der Waals surface area contributed by atoms with E-state index in [0.717, 1.165) is 30.6 Å². The minimum atomic E-state index is -0.382. The van der Waals surface area contributed by atoms with Crippen LogP contribution >= 0.6 is 0 Å². The number of pyridine rings is 2. The van der Waals surface area contributed by atoms with Crippen molar-refractivity contribution in [3.8, 4) is 17.6 Å². The molecule has 0 saturated carbocycles. The highest BCUT2D eigenvalue weighted by atomic mass is 16.5. The molecule has 0 amide bonds. The summed E-state index contributed by atoms with van der Waals surface area (Å²) in [5.41, 5.74) is 3.10. The van der Waals surface area contributed by atoms with Gasteiger partial charge in [0.2, 0.25) is 5.88 Å². The van der Waals surface area contributed by atoms with Gasteiger partial charge in [0.05, 0.1) is 40.3 Å². The molecule has 1 atom stereocenters. The average molecular weight is 483 g/mol. The summed E-state index contributed by atoms with van der Waals surface area (Å²) in [4.78, 5) is 32.0. The standard InChI is InChI=1S/C27H26N6O3/c1-17-6-4-8-29-27(17)36-16-20-7-5-9-32(20)24-11-25-22(10-19(24)12-28)26(35)23(18(2)34)15-33(25)21-13-30-31(3)14-21/h4,6,8,10-11,13-15,20H,5,7,9,16H2,1-3H3/t20-/m1/s1. The number of nitrogens with zero attached hydrogens (tertiary/aromatic N) is 6. The number of fused-ring (bicyclic) bond motifs is 1. The number of rotatable bonds is 6. The topological polar surface area (TPSA) is 106 Å². The molecule has 0 unspecified atom stereocenters. The third-order valence-electron chi connectivity index (χ3n) is 6.65. The molecule has 4 heterocycles. The van der Waals surface area contributed by atoms with Crippen LogP contribution in [0.15, 0.2) is 53.8 Å². The van der Waals surface area contributed by atoms with Gasteiger partial charge < -0.3 is 14.2 Å². The van der Waals surface area contributed by atoms with E-state index in [9.17, 15) is 14.9 Å². The molecular weight excluding hydrogens is 456 g/mol. The summed E-state index contributed by atoms with van der Waals surface area (Å²) in [7, 11) is 1.80. The van der Waals surface area contributed by atoms with E-state index in [1.807, 2.05) is 31.3 Å². The molecule has 9 nitrogen and oxygen atoms in total. The van der Waals surface area contributed by atoms with E-state index in [2.05, 4.69) is 21.1 Å². The van der Waals surface area contributed by atoms with E-state index in [0.29, 0.717) is 34.6 Å². The van der Waals surface area contributed by atoms with Crippen molar-refractivity contribution < 1.29 is 9.53 Å². The zero-order valence-corrected chi connectivity index (χ0v) is 20.4. The number of Topliss-reactive ketones (excluding diaryl/α,β-unsaturated/α-hetero) is 1. The predicted molar refractivity (Wildman–Crippen MR) is 136 cm³/mol. The van der Waals surface area contributed by atoms with Gasteiger partial charge in [-0.3, -0.25) is 14.3 Å². The molecule has 182 valence electrons. The second-order valence-corrected chi connectivity index (χ2v) is 9.09. The first-order chi connectivity index (χ1) is 17.4. The van der Waals surface area contributed by atoms with Crippen molar-refractivity contribution in [2.24, 2.45) is 7.05 Å². The Labute approximate surface area is 208 Å². The van der Waals surface area contributed by atoms with Crippen molar-refractivity contribution >= 4 is 22.4 Å². The molecule has 0 N–H and O–H groups in total. The van der Waals surface area contributed by atoms with Gasteiger partial charge in [-0.05, 0) is 44.9 Å². The molecule has 1 saturated heterocycles. The normalized spacial score (nSPS) is 15.3. The highest BCUT2D eigenvalue weighted by Crippen LogP contribution is 2.33. The quantitative estimate of drug-likeness (QED) is 0.387. The lowest BCUT2D eigenvalue weighted by atomic mass is 10.0. The number of carbonyl (C=O) groups is 1. The van der Waals surface area contributed by atoms with Crippen molar-refractivity contribution in [3.05, 3.63) is 76.0 Å². The van der Waals surface area contributed by atoms with Gasteiger partial charge in [0.25, 0.3) is 0 Å². The average Bonchev–Trinajstić information content (AvgIpc) is 3.51. The number of ether oxygens (including phenoxy) is 1. The fourth-order valence-corrected chi connectivity index (χ4v) is 4.81. The Morgan fingerprint density at radius 3 is 2.83 bits per heavy atom. The van der Waals surface area contributed by atoms with Crippen LogP contribution in [0, 0.1) is 18.3 Å². The lowest BCUT2D eigenvalue weighted by molar-refractivity contribution is 0.101. The van der Waals surface area contributed by atoms with Gasteiger partial charge in [-0.2, -0.15) is 10.4 Å². The zero-order chi connectivity index (χ0) is 25.4. The van der Waals surface area contributed by atoms with Crippen LogP contribution in [0.1, 0.15) is 41.3 Å². The van der Waals surface area contributed by atoms with Crippen LogP contribution in [0.3, 0.4) is 0 Å². The molecule has 36 heavy (non-hydrogen) atoms. The second-order valence-electron chi connectivity index (χ2n) is 9.09. The molecule has 5 rings (SSSR count). The van der Waals surface area contributed by atoms with Crippen molar-refractivity contribution in [2.45, 2.75) is 32.7 Å². The maximum Gasteiger partial charge on any atom is 0.216 e. The van der Waals surface area contributed by atoms with Gasteiger partial charge >= 0.3 is 0 Å². The summed E-state index contributed by atoms with van der Waals surface area (Å²) in [6.45, 7) is 4.52.